The van der Waals surface area contributed by atoms with Gasteiger partial charge in [-0.1, -0.05) is 12.1 Å². The van der Waals surface area contributed by atoms with Gasteiger partial charge in [-0.15, -0.1) is 0 Å². The van der Waals surface area contributed by atoms with Gasteiger partial charge in [0.2, 0.25) is 0 Å². The Morgan fingerprint density at radius 2 is 1.81 bits per heavy atom. The van der Waals surface area contributed by atoms with Gasteiger partial charge in [-0.2, -0.15) is 0 Å². The predicted molar refractivity (Wildman–Crippen MR) is 106 cm³/mol. The van der Waals surface area contributed by atoms with E-state index >= 15 is 0 Å². The molecule has 1 unspecified atom stereocenters. The number of likely N-dealkylation sites (tertiary alicyclic amines) is 1. The maximum Gasteiger partial charge on any atom is 0.295 e. The molecule has 2 aromatic rings. The number of carbonyl (C=O) groups excluding carboxylic acids is 2. The van der Waals surface area contributed by atoms with Crippen LogP contribution in [0.25, 0.3) is 5.76 Å². The van der Waals surface area contributed by atoms with E-state index in [0.29, 0.717) is 0 Å². The predicted octanol–water partition coefficient (Wildman–Crippen LogP) is 2.16. The summed E-state index contributed by atoms with van der Waals surface area (Å²) in [5.74, 6) is -3.11. The largest absolute Gasteiger partial charge is 0.507 e. The normalized spacial score (nSPS) is 17.9. The van der Waals surface area contributed by atoms with Crippen LogP contribution in [0.5, 0.6) is 0 Å². The first-order chi connectivity index (χ1) is 14.9. The Morgan fingerprint density at radius 1 is 1.13 bits per heavy atom. The van der Waals surface area contributed by atoms with E-state index in [-0.39, 0.29) is 48.8 Å². The fourth-order valence-electron chi connectivity index (χ4n) is 3.41. The molecule has 0 saturated carbocycles. The highest BCUT2D eigenvalue weighted by Gasteiger charge is 2.47. The lowest BCUT2D eigenvalue weighted by Crippen LogP contribution is -2.33. The topological polar surface area (TPSA) is 130 Å². The molecule has 1 aliphatic heterocycles. The number of ketones is 1. The highest BCUT2D eigenvalue weighted by molar-refractivity contribution is 6.46. The number of nitrogens with zero attached hydrogens (tertiary/aromatic N) is 2. The van der Waals surface area contributed by atoms with Crippen LogP contribution < -0.4 is 0 Å². The summed E-state index contributed by atoms with van der Waals surface area (Å²) in [5, 5.41) is 31.2. The zero-order chi connectivity index (χ0) is 22.5. The van der Waals surface area contributed by atoms with Crippen LogP contribution in [0.1, 0.15) is 17.2 Å². The van der Waals surface area contributed by atoms with E-state index in [2.05, 4.69) is 0 Å². The van der Waals surface area contributed by atoms with Crippen LogP contribution >= 0.6 is 0 Å². The molecule has 0 radical (unpaired) electrons. The molecule has 2 N–H and O–H groups in total. The van der Waals surface area contributed by atoms with Crippen LogP contribution in [-0.2, 0) is 14.3 Å². The van der Waals surface area contributed by atoms with Gasteiger partial charge in [-0.25, -0.2) is 4.39 Å². The number of para-hydroxylation sites is 1. The molecule has 3 rings (SSSR count). The summed E-state index contributed by atoms with van der Waals surface area (Å²) in [7, 11) is 0. The fraction of sp³-hybridized carbons (Fsp3) is 0.238. The summed E-state index contributed by atoms with van der Waals surface area (Å²) >= 11 is 0. The van der Waals surface area contributed by atoms with Crippen LogP contribution in [0.15, 0.2) is 54.1 Å². The SMILES string of the molecule is O=C1C(=O)N(CCOCCO)C(c2ccccc2[N+](=O)[O-])C1=C(O)c1ccc(F)cc1. The van der Waals surface area contributed by atoms with E-state index in [1.165, 1.54) is 36.4 Å². The second-order valence-electron chi connectivity index (χ2n) is 6.65. The van der Waals surface area contributed by atoms with E-state index in [1.807, 2.05) is 0 Å². The number of aliphatic hydroxyl groups excluding tert-OH is 2. The summed E-state index contributed by atoms with van der Waals surface area (Å²) in [4.78, 5) is 37.6. The number of benzene rings is 2. The fourth-order valence-corrected chi connectivity index (χ4v) is 3.41. The smallest absolute Gasteiger partial charge is 0.295 e. The van der Waals surface area contributed by atoms with Crippen molar-refractivity contribution < 1.29 is 33.9 Å². The summed E-state index contributed by atoms with van der Waals surface area (Å²) in [6, 6.07) is 8.97. The molecule has 1 atom stereocenters. The molecule has 0 aliphatic carbocycles. The van der Waals surface area contributed by atoms with Gasteiger partial charge < -0.3 is 19.8 Å². The van der Waals surface area contributed by atoms with Crippen LogP contribution in [0.3, 0.4) is 0 Å². The van der Waals surface area contributed by atoms with Gasteiger partial charge in [0.15, 0.2) is 0 Å². The molecule has 9 nitrogen and oxygen atoms in total. The second-order valence-corrected chi connectivity index (χ2v) is 6.65. The van der Waals surface area contributed by atoms with Crippen molar-refractivity contribution in [3.05, 3.63) is 81.2 Å². The molecule has 1 heterocycles. The standard InChI is InChI=1S/C21H19FN2O7/c22-14-7-5-13(6-8-14)19(26)17-18(15-3-1-2-4-16(15)24(29)30)23(21(28)20(17)27)9-11-31-12-10-25/h1-8,18,25-26H,9-12H2. The number of Topliss-reactive ketones (excluding diaryl/α,β-unsaturated/α-hetero) is 1. The molecule has 0 spiro atoms. The lowest BCUT2D eigenvalue weighted by Gasteiger charge is -2.25. The van der Waals surface area contributed by atoms with Crippen molar-refractivity contribution in [3.8, 4) is 0 Å². The molecule has 1 fully saturated rings. The zero-order valence-electron chi connectivity index (χ0n) is 16.2. The van der Waals surface area contributed by atoms with E-state index in [4.69, 9.17) is 9.84 Å². The number of ether oxygens (including phenoxy) is 1. The van der Waals surface area contributed by atoms with Crippen LogP contribution in [0.2, 0.25) is 0 Å². The lowest BCUT2D eigenvalue weighted by molar-refractivity contribution is -0.385. The van der Waals surface area contributed by atoms with Crippen molar-refractivity contribution in [2.24, 2.45) is 0 Å². The van der Waals surface area contributed by atoms with Gasteiger partial charge in [-0.3, -0.25) is 19.7 Å². The third kappa shape index (κ3) is 4.44. The second kappa shape index (κ2) is 9.45. The first-order valence-corrected chi connectivity index (χ1v) is 9.33. The molecule has 2 aromatic carbocycles. The monoisotopic (exact) mass is 430 g/mol. The van der Waals surface area contributed by atoms with Gasteiger partial charge in [0, 0.05) is 18.2 Å². The third-order valence-corrected chi connectivity index (χ3v) is 4.80. The van der Waals surface area contributed by atoms with E-state index < -0.39 is 34.2 Å². The summed E-state index contributed by atoms with van der Waals surface area (Å²) in [6.07, 6.45) is 0. The van der Waals surface area contributed by atoms with Gasteiger partial charge in [0.1, 0.15) is 11.6 Å². The molecular formula is C21H19FN2O7. The third-order valence-electron chi connectivity index (χ3n) is 4.80. The molecule has 1 amide bonds. The molecule has 0 aromatic heterocycles. The van der Waals surface area contributed by atoms with Crippen molar-refractivity contribution in [1.29, 1.82) is 0 Å². The summed E-state index contributed by atoms with van der Waals surface area (Å²) in [5.41, 5.74) is -0.550. The molecule has 0 bridgehead atoms. The van der Waals surface area contributed by atoms with E-state index in [0.717, 1.165) is 17.0 Å². The van der Waals surface area contributed by atoms with Crippen LogP contribution in [0, 0.1) is 15.9 Å². The first-order valence-electron chi connectivity index (χ1n) is 9.33. The summed E-state index contributed by atoms with van der Waals surface area (Å²) in [6.45, 7) is -0.380. The van der Waals surface area contributed by atoms with E-state index in [1.54, 1.807) is 0 Å². The molecule has 1 aliphatic rings. The maximum absolute atomic E-state index is 13.3. The number of rotatable bonds is 8. The maximum atomic E-state index is 13.3. The van der Waals surface area contributed by atoms with Crippen molar-refractivity contribution in [1.82, 2.24) is 4.90 Å². The lowest BCUT2D eigenvalue weighted by atomic mass is 9.94. The number of amides is 1. The average Bonchev–Trinajstić information content (AvgIpc) is 3.01. The molecule has 162 valence electrons. The number of hydrogen-bond acceptors (Lipinski definition) is 7. The van der Waals surface area contributed by atoms with Crippen molar-refractivity contribution in [2.45, 2.75) is 6.04 Å². The van der Waals surface area contributed by atoms with Crippen molar-refractivity contribution >= 4 is 23.1 Å². The Labute approximate surface area is 176 Å². The Morgan fingerprint density at radius 3 is 2.45 bits per heavy atom. The van der Waals surface area contributed by atoms with Gasteiger partial charge in [-0.05, 0) is 30.3 Å². The highest BCUT2D eigenvalue weighted by Crippen LogP contribution is 2.42. The number of carbonyl (C=O) groups is 2. The minimum Gasteiger partial charge on any atom is -0.507 e. The molecular weight excluding hydrogens is 411 g/mol. The van der Waals surface area contributed by atoms with Gasteiger partial charge >= 0.3 is 0 Å². The zero-order valence-corrected chi connectivity index (χ0v) is 16.2. The minimum atomic E-state index is -1.25. The molecule has 10 heteroatoms. The van der Waals surface area contributed by atoms with Gasteiger partial charge in [0.25, 0.3) is 17.4 Å². The quantitative estimate of drug-likeness (QED) is 0.164. The first kappa shape index (κ1) is 22.1. The van der Waals surface area contributed by atoms with Crippen molar-refractivity contribution in [3.63, 3.8) is 0 Å². The highest BCUT2D eigenvalue weighted by atomic mass is 19.1. The van der Waals surface area contributed by atoms with Crippen molar-refractivity contribution in [2.75, 3.05) is 26.4 Å². The van der Waals surface area contributed by atoms with Crippen LogP contribution in [-0.4, -0.2) is 58.1 Å². The molecule has 31 heavy (non-hydrogen) atoms. The van der Waals surface area contributed by atoms with Gasteiger partial charge in [0.05, 0.1) is 41.9 Å². The Kier molecular flexibility index (Phi) is 6.73. The Balaban J connectivity index is 2.15. The number of nitro benzene ring substituents is 1. The Bertz CT molecular complexity index is 1040. The number of hydrogen-bond donors (Lipinski definition) is 2. The number of aliphatic hydroxyl groups is 2. The van der Waals surface area contributed by atoms with Crippen LogP contribution in [0.4, 0.5) is 10.1 Å². The molecule has 1 saturated heterocycles. The average molecular weight is 430 g/mol. The van der Waals surface area contributed by atoms with E-state index in [9.17, 15) is 29.2 Å². The Hall–Kier alpha value is -3.63. The minimum absolute atomic E-state index is 0.00958. The number of halogens is 1. The number of nitro groups is 1. The summed E-state index contributed by atoms with van der Waals surface area (Å²) < 4.78 is 18.5.